The molecule has 9 heteroatoms. The number of rotatable bonds is 11. The number of nitro groups is 1. The van der Waals surface area contributed by atoms with Crippen molar-refractivity contribution in [2.45, 2.75) is 12.8 Å². The van der Waals surface area contributed by atoms with Gasteiger partial charge in [-0.3, -0.25) is 10.1 Å². The smallest absolute Gasteiger partial charge is 0.329 e. The summed E-state index contributed by atoms with van der Waals surface area (Å²) in [5, 5.41) is 17.2. The van der Waals surface area contributed by atoms with Crippen LogP contribution in [0.5, 0.6) is 0 Å². The Hall–Kier alpha value is -2.00. The summed E-state index contributed by atoms with van der Waals surface area (Å²) < 4.78 is 0. The fourth-order valence-electron chi connectivity index (χ4n) is 1.92. The zero-order chi connectivity index (χ0) is 17.2. The third-order valence-corrected chi connectivity index (χ3v) is 3.11. The van der Waals surface area contributed by atoms with Crippen molar-refractivity contribution in [3.8, 4) is 0 Å². The largest absolute Gasteiger partial charge is 0.364 e. The van der Waals surface area contributed by atoms with Crippen LogP contribution in [0.1, 0.15) is 12.8 Å². The van der Waals surface area contributed by atoms with E-state index in [0.29, 0.717) is 12.5 Å². The van der Waals surface area contributed by atoms with Gasteiger partial charge in [-0.25, -0.2) is 4.98 Å². The lowest BCUT2D eigenvalue weighted by Crippen LogP contribution is -2.18. The lowest BCUT2D eigenvalue weighted by atomic mass is 10.4. The van der Waals surface area contributed by atoms with Gasteiger partial charge in [0.1, 0.15) is 6.20 Å². The average molecular weight is 325 g/mol. The second-order valence-corrected chi connectivity index (χ2v) is 5.85. The molecule has 0 aliphatic rings. The summed E-state index contributed by atoms with van der Waals surface area (Å²) in [6.45, 7) is 3.20. The van der Waals surface area contributed by atoms with Crippen LogP contribution in [-0.4, -0.2) is 79.1 Å². The molecule has 0 saturated carbocycles. The number of nitrogens with one attached hydrogen (secondary N) is 2. The highest BCUT2D eigenvalue weighted by molar-refractivity contribution is 5.56. The van der Waals surface area contributed by atoms with E-state index >= 15 is 0 Å². The zero-order valence-electron chi connectivity index (χ0n) is 14.4. The Labute approximate surface area is 137 Å². The van der Waals surface area contributed by atoms with Crippen molar-refractivity contribution in [3.05, 3.63) is 16.3 Å². The van der Waals surface area contributed by atoms with Crippen molar-refractivity contribution in [3.63, 3.8) is 0 Å². The summed E-state index contributed by atoms with van der Waals surface area (Å²) in [5.74, 6) is 0.670. The van der Waals surface area contributed by atoms with Crippen LogP contribution in [-0.2, 0) is 0 Å². The minimum absolute atomic E-state index is 0.103. The van der Waals surface area contributed by atoms with E-state index in [4.69, 9.17) is 0 Å². The van der Waals surface area contributed by atoms with E-state index in [0.717, 1.165) is 32.5 Å². The van der Waals surface area contributed by atoms with Crippen LogP contribution in [0.2, 0.25) is 0 Å². The van der Waals surface area contributed by atoms with Crippen LogP contribution in [0.25, 0.3) is 0 Å². The van der Waals surface area contributed by atoms with Crippen molar-refractivity contribution < 1.29 is 4.92 Å². The molecule has 0 radical (unpaired) electrons. The molecule has 1 heterocycles. The Balaban J connectivity index is 2.61. The van der Waals surface area contributed by atoms with E-state index in [2.05, 4.69) is 30.4 Å². The van der Waals surface area contributed by atoms with E-state index < -0.39 is 4.92 Å². The molecule has 23 heavy (non-hydrogen) atoms. The van der Waals surface area contributed by atoms with Gasteiger partial charge in [-0.15, -0.1) is 0 Å². The predicted molar refractivity (Wildman–Crippen MR) is 92.0 cm³/mol. The maximum Gasteiger partial charge on any atom is 0.329 e. The summed E-state index contributed by atoms with van der Waals surface area (Å²) in [6, 6.07) is 0. The fraction of sp³-hybridized carbons (Fsp3) is 0.714. The van der Waals surface area contributed by atoms with Gasteiger partial charge in [0.25, 0.3) is 0 Å². The van der Waals surface area contributed by atoms with Gasteiger partial charge in [0.15, 0.2) is 0 Å². The van der Waals surface area contributed by atoms with Crippen molar-refractivity contribution in [1.29, 1.82) is 0 Å². The van der Waals surface area contributed by atoms with Crippen molar-refractivity contribution >= 4 is 17.5 Å². The minimum Gasteiger partial charge on any atom is -0.364 e. The molecular weight excluding hydrogens is 298 g/mol. The Morgan fingerprint density at radius 3 is 2.17 bits per heavy atom. The van der Waals surface area contributed by atoms with Crippen molar-refractivity contribution in [2.24, 2.45) is 0 Å². The molecule has 2 N–H and O–H groups in total. The summed E-state index contributed by atoms with van der Waals surface area (Å²) >= 11 is 0. The second-order valence-electron chi connectivity index (χ2n) is 5.85. The predicted octanol–water partition coefficient (Wildman–Crippen LogP) is 1.11. The summed E-state index contributed by atoms with van der Waals surface area (Å²) in [7, 11) is 8.00. The number of hydrogen-bond donors (Lipinski definition) is 2. The number of nitrogens with zero attached hydrogens (tertiary/aromatic N) is 5. The molecule has 0 bridgehead atoms. The first-order chi connectivity index (χ1) is 10.9. The molecule has 0 unspecified atom stereocenters. The molecule has 0 aliphatic heterocycles. The summed E-state index contributed by atoms with van der Waals surface area (Å²) in [6.07, 6.45) is 3.06. The van der Waals surface area contributed by atoms with Gasteiger partial charge in [0.2, 0.25) is 11.8 Å². The zero-order valence-corrected chi connectivity index (χ0v) is 14.4. The van der Waals surface area contributed by atoms with Crippen LogP contribution >= 0.6 is 0 Å². The third kappa shape index (κ3) is 7.71. The maximum atomic E-state index is 11.1. The first-order valence-corrected chi connectivity index (χ1v) is 7.68. The Bertz CT molecular complexity index is 494. The van der Waals surface area contributed by atoms with Crippen LogP contribution in [0.3, 0.4) is 0 Å². The highest BCUT2D eigenvalue weighted by atomic mass is 16.6. The SMILES string of the molecule is CN(C)CCCNc1ncc([N+](=O)[O-])c(NCCCN(C)C)n1. The number of anilines is 2. The fourth-order valence-corrected chi connectivity index (χ4v) is 1.92. The molecule has 0 fully saturated rings. The Kier molecular flexibility index (Phi) is 8.20. The van der Waals surface area contributed by atoms with Crippen LogP contribution in [0.15, 0.2) is 6.20 Å². The molecule has 0 amide bonds. The van der Waals surface area contributed by atoms with E-state index in [1.807, 2.05) is 28.2 Å². The summed E-state index contributed by atoms with van der Waals surface area (Å²) in [5.41, 5.74) is -0.103. The quantitative estimate of drug-likeness (QED) is 0.355. The van der Waals surface area contributed by atoms with Gasteiger partial charge in [0, 0.05) is 13.1 Å². The normalized spacial score (nSPS) is 11.0. The monoisotopic (exact) mass is 325 g/mol. The van der Waals surface area contributed by atoms with E-state index in [-0.39, 0.29) is 11.5 Å². The van der Waals surface area contributed by atoms with Gasteiger partial charge in [-0.2, -0.15) is 4.98 Å². The van der Waals surface area contributed by atoms with Gasteiger partial charge in [0.05, 0.1) is 4.92 Å². The third-order valence-electron chi connectivity index (χ3n) is 3.11. The molecular formula is C14H27N7O2. The molecule has 0 aliphatic carbocycles. The van der Waals surface area contributed by atoms with Crippen molar-refractivity contribution in [2.75, 3.05) is 65.0 Å². The molecule has 0 saturated heterocycles. The highest BCUT2D eigenvalue weighted by Gasteiger charge is 2.16. The van der Waals surface area contributed by atoms with Gasteiger partial charge in [-0.05, 0) is 54.1 Å². The van der Waals surface area contributed by atoms with Gasteiger partial charge in [-0.1, -0.05) is 0 Å². The molecule has 1 aromatic heterocycles. The average Bonchev–Trinajstić information content (AvgIpc) is 2.47. The molecule has 0 atom stereocenters. The van der Waals surface area contributed by atoms with E-state index in [1.165, 1.54) is 6.20 Å². The molecule has 0 aromatic carbocycles. The minimum atomic E-state index is -0.468. The van der Waals surface area contributed by atoms with Crippen LogP contribution in [0.4, 0.5) is 17.5 Å². The maximum absolute atomic E-state index is 11.1. The Morgan fingerprint density at radius 2 is 1.65 bits per heavy atom. The number of hydrogen-bond acceptors (Lipinski definition) is 8. The highest BCUT2D eigenvalue weighted by Crippen LogP contribution is 2.21. The van der Waals surface area contributed by atoms with E-state index in [1.54, 1.807) is 0 Å². The standard InChI is InChI=1S/C14H27N7O2/c1-19(2)9-5-7-15-13-12(21(22)23)11-17-14(18-13)16-8-6-10-20(3)4/h11H,5-10H2,1-4H3,(H2,15,16,17,18). The molecule has 130 valence electrons. The Morgan fingerprint density at radius 1 is 1.09 bits per heavy atom. The lowest BCUT2D eigenvalue weighted by Gasteiger charge is -2.12. The first kappa shape index (κ1) is 19.0. The van der Waals surface area contributed by atoms with Gasteiger partial charge >= 0.3 is 5.69 Å². The first-order valence-electron chi connectivity index (χ1n) is 7.68. The van der Waals surface area contributed by atoms with Gasteiger partial charge < -0.3 is 20.4 Å². The number of aromatic nitrogens is 2. The van der Waals surface area contributed by atoms with E-state index in [9.17, 15) is 10.1 Å². The molecule has 0 spiro atoms. The van der Waals surface area contributed by atoms with Crippen molar-refractivity contribution in [1.82, 2.24) is 19.8 Å². The molecule has 1 aromatic rings. The van der Waals surface area contributed by atoms with Crippen LogP contribution in [0, 0.1) is 10.1 Å². The molecule has 9 nitrogen and oxygen atoms in total. The molecule has 1 rings (SSSR count). The summed E-state index contributed by atoms with van der Waals surface area (Å²) in [4.78, 5) is 23.0. The lowest BCUT2D eigenvalue weighted by molar-refractivity contribution is -0.384. The topological polar surface area (TPSA) is 99.5 Å². The van der Waals surface area contributed by atoms with Crippen LogP contribution < -0.4 is 10.6 Å². The second kappa shape index (κ2) is 9.90.